The highest BCUT2D eigenvalue weighted by molar-refractivity contribution is 7.20. The summed E-state index contributed by atoms with van der Waals surface area (Å²) in [4.78, 5) is 28.1. The monoisotopic (exact) mass is 561 g/mol. The maximum Gasteiger partial charge on any atom is 0.287 e. The van der Waals surface area contributed by atoms with Crippen molar-refractivity contribution < 1.29 is 13.6 Å². The predicted molar refractivity (Wildman–Crippen MR) is 152 cm³/mol. The van der Waals surface area contributed by atoms with Crippen molar-refractivity contribution in [3.63, 3.8) is 0 Å². The fourth-order valence-corrected chi connectivity index (χ4v) is 5.80. The molecule has 0 fully saturated rings. The maximum atomic E-state index is 14.9. The van der Waals surface area contributed by atoms with E-state index in [-0.39, 0.29) is 11.4 Å². The Bertz CT molecular complexity index is 1760. The largest absolute Gasteiger partial charge is 0.334 e. The minimum Gasteiger partial charge on any atom is -0.334 e. The average molecular weight is 562 g/mol. The van der Waals surface area contributed by atoms with Crippen molar-refractivity contribution in [3.8, 4) is 11.3 Å². The summed E-state index contributed by atoms with van der Waals surface area (Å²) in [6, 6.07) is 15.6. The molecule has 12 heteroatoms. The van der Waals surface area contributed by atoms with Crippen LogP contribution in [0.1, 0.15) is 20.9 Å². The van der Waals surface area contributed by atoms with Crippen LogP contribution in [0.25, 0.3) is 21.3 Å². The van der Waals surface area contributed by atoms with Crippen molar-refractivity contribution in [2.24, 2.45) is 0 Å². The smallest absolute Gasteiger partial charge is 0.287 e. The summed E-state index contributed by atoms with van der Waals surface area (Å²) in [6.07, 6.45) is 0. The molecule has 5 aromatic rings. The number of nitrogens with one attached hydrogen (secondary N) is 3. The Kier molecular flexibility index (Phi) is 6.86. The van der Waals surface area contributed by atoms with Gasteiger partial charge in [0.05, 0.1) is 28.5 Å². The van der Waals surface area contributed by atoms with E-state index in [4.69, 9.17) is 0 Å². The number of amides is 1. The Morgan fingerprint density at radius 3 is 2.83 bits per heavy atom. The lowest BCUT2D eigenvalue weighted by molar-refractivity contribution is 0.103. The number of anilines is 3. The van der Waals surface area contributed by atoms with Gasteiger partial charge in [-0.2, -0.15) is 10.2 Å². The zero-order valence-electron chi connectivity index (χ0n) is 21.5. The van der Waals surface area contributed by atoms with E-state index in [0.29, 0.717) is 53.7 Å². The number of hydrogen-bond acceptors (Lipinski definition) is 7. The number of aromatic nitrogens is 4. The van der Waals surface area contributed by atoms with Crippen LogP contribution in [-0.2, 0) is 13.1 Å². The highest BCUT2D eigenvalue weighted by Gasteiger charge is 2.20. The van der Waals surface area contributed by atoms with Crippen molar-refractivity contribution in [1.82, 2.24) is 24.9 Å². The molecule has 0 atom stereocenters. The van der Waals surface area contributed by atoms with Gasteiger partial charge in [0.15, 0.2) is 5.82 Å². The van der Waals surface area contributed by atoms with E-state index in [1.807, 2.05) is 39.9 Å². The van der Waals surface area contributed by atoms with Crippen LogP contribution in [0.3, 0.4) is 0 Å². The fourth-order valence-electron chi connectivity index (χ4n) is 4.85. The van der Waals surface area contributed by atoms with E-state index in [1.165, 1.54) is 17.4 Å². The molecule has 0 aliphatic carbocycles. The van der Waals surface area contributed by atoms with Crippen LogP contribution in [0.5, 0.6) is 0 Å². The van der Waals surface area contributed by atoms with Crippen molar-refractivity contribution in [2.75, 3.05) is 30.4 Å². The van der Waals surface area contributed by atoms with Gasteiger partial charge in [-0.15, -0.1) is 11.3 Å². The molecule has 6 rings (SSSR count). The number of carbonyl (C=O) groups is 1. The average Bonchev–Trinajstić information content (AvgIpc) is 3.56. The van der Waals surface area contributed by atoms with E-state index >= 15 is 0 Å². The number of carbonyl (C=O) groups excluding carboxylic acids is 1. The SMILES string of the molecule is Cc1c(-c2cc(Nc3cc4n(n3)CCN(CCF)C4)c(=O)[nH]n2)ccc(F)c1NC(=O)c1cc2ccccc2s1. The minimum atomic E-state index is -0.580. The lowest BCUT2D eigenvalue weighted by atomic mass is 10.0. The van der Waals surface area contributed by atoms with Crippen LogP contribution in [-0.4, -0.2) is 50.5 Å². The molecular formula is C28H25F2N7O2S. The van der Waals surface area contributed by atoms with Crippen molar-refractivity contribution in [1.29, 1.82) is 0 Å². The van der Waals surface area contributed by atoms with Crippen LogP contribution < -0.4 is 16.2 Å². The first-order valence-electron chi connectivity index (χ1n) is 12.7. The second-order valence-corrected chi connectivity index (χ2v) is 10.6. The highest BCUT2D eigenvalue weighted by Crippen LogP contribution is 2.32. The number of thiophene rings is 1. The third kappa shape index (κ3) is 4.98. The van der Waals surface area contributed by atoms with Gasteiger partial charge < -0.3 is 10.6 Å². The fraction of sp³-hybridized carbons (Fsp3) is 0.214. The number of hydrogen-bond donors (Lipinski definition) is 3. The summed E-state index contributed by atoms with van der Waals surface area (Å²) in [7, 11) is 0. The zero-order valence-corrected chi connectivity index (χ0v) is 22.3. The molecule has 1 amide bonds. The molecule has 4 heterocycles. The molecule has 1 aliphatic rings. The number of benzene rings is 2. The van der Waals surface area contributed by atoms with Gasteiger partial charge in [0.2, 0.25) is 0 Å². The lowest BCUT2D eigenvalue weighted by Crippen LogP contribution is -2.35. The van der Waals surface area contributed by atoms with Gasteiger partial charge in [0.25, 0.3) is 11.5 Å². The summed E-state index contributed by atoms with van der Waals surface area (Å²) in [5.41, 5.74) is 2.11. The molecule has 0 bridgehead atoms. The topological polar surface area (TPSA) is 108 Å². The molecule has 204 valence electrons. The third-order valence-electron chi connectivity index (χ3n) is 6.92. The molecule has 2 aromatic carbocycles. The molecule has 0 spiro atoms. The molecule has 0 saturated carbocycles. The number of H-pyrrole nitrogens is 1. The molecule has 0 saturated heterocycles. The Balaban J connectivity index is 1.26. The van der Waals surface area contributed by atoms with Gasteiger partial charge >= 0.3 is 0 Å². The molecule has 3 aromatic heterocycles. The van der Waals surface area contributed by atoms with Gasteiger partial charge in [-0.25, -0.2) is 13.9 Å². The van der Waals surface area contributed by atoms with Gasteiger partial charge in [-0.3, -0.25) is 19.2 Å². The van der Waals surface area contributed by atoms with Gasteiger partial charge in [-0.1, -0.05) is 18.2 Å². The van der Waals surface area contributed by atoms with Crippen LogP contribution in [0.15, 0.2) is 59.4 Å². The zero-order chi connectivity index (χ0) is 27.8. The normalized spacial score (nSPS) is 13.4. The van der Waals surface area contributed by atoms with Crippen LogP contribution in [0, 0.1) is 12.7 Å². The van der Waals surface area contributed by atoms with Crippen LogP contribution in [0.2, 0.25) is 0 Å². The van der Waals surface area contributed by atoms with Gasteiger partial charge in [-0.05, 0) is 48.2 Å². The maximum absolute atomic E-state index is 14.9. The summed E-state index contributed by atoms with van der Waals surface area (Å²) in [5, 5.41) is 17.9. The molecule has 3 N–H and O–H groups in total. The molecule has 1 aliphatic heterocycles. The standard InChI is InChI=1S/C28H25F2N7O2S/c1-16-19(6-7-20(30)26(16)32-28(39)24-12-17-4-2-3-5-23(17)40-24)21-14-22(27(38)34-33-21)31-25-13-18-15-36(9-8-29)10-11-37(18)35-25/h2-7,12-14H,8-11,15H2,1H3,(H,32,39)(H,34,38)(H,31,33,35). The minimum absolute atomic E-state index is 0.0436. The van der Waals surface area contributed by atoms with E-state index in [2.05, 4.69) is 25.9 Å². The van der Waals surface area contributed by atoms with Crippen molar-refractivity contribution in [2.45, 2.75) is 20.0 Å². The predicted octanol–water partition coefficient (Wildman–Crippen LogP) is 5.08. The van der Waals surface area contributed by atoms with Crippen LogP contribution >= 0.6 is 11.3 Å². The van der Waals surface area contributed by atoms with Crippen molar-refractivity contribution in [3.05, 3.63) is 86.9 Å². The van der Waals surface area contributed by atoms with Crippen molar-refractivity contribution >= 4 is 44.5 Å². The Morgan fingerprint density at radius 1 is 1.15 bits per heavy atom. The van der Waals surface area contributed by atoms with Gasteiger partial charge in [0.1, 0.15) is 18.2 Å². The third-order valence-corrected chi connectivity index (χ3v) is 8.04. The number of halogens is 2. The first-order chi connectivity index (χ1) is 19.4. The van der Waals surface area contributed by atoms with Crippen LogP contribution in [0.4, 0.5) is 26.0 Å². The summed E-state index contributed by atoms with van der Waals surface area (Å²) in [5.74, 6) is -0.512. The first-order valence-corrected chi connectivity index (χ1v) is 13.5. The Hall–Kier alpha value is -4.42. The number of nitrogens with zero attached hydrogens (tertiary/aromatic N) is 4. The molecule has 9 nitrogen and oxygen atoms in total. The van der Waals surface area contributed by atoms with E-state index in [9.17, 15) is 18.4 Å². The number of fused-ring (bicyclic) bond motifs is 2. The van der Waals surface area contributed by atoms with Gasteiger partial charge in [0, 0.05) is 36.0 Å². The van der Waals surface area contributed by atoms with E-state index in [1.54, 1.807) is 25.1 Å². The lowest BCUT2D eigenvalue weighted by Gasteiger charge is -2.26. The molecule has 0 unspecified atom stereocenters. The number of alkyl halides is 1. The summed E-state index contributed by atoms with van der Waals surface area (Å²) >= 11 is 1.33. The quantitative estimate of drug-likeness (QED) is 0.256. The Morgan fingerprint density at radius 2 is 2.00 bits per heavy atom. The number of rotatable bonds is 7. The first kappa shape index (κ1) is 25.8. The molecule has 0 radical (unpaired) electrons. The Labute approximate surface area is 231 Å². The molecule has 40 heavy (non-hydrogen) atoms. The van der Waals surface area contributed by atoms with E-state index in [0.717, 1.165) is 15.8 Å². The number of aromatic amines is 1. The molecular weight excluding hydrogens is 536 g/mol. The summed E-state index contributed by atoms with van der Waals surface area (Å²) in [6.45, 7) is 3.54. The second kappa shape index (κ2) is 10.6. The van der Waals surface area contributed by atoms with E-state index < -0.39 is 24.0 Å². The highest BCUT2D eigenvalue weighted by atomic mass is 32.1. The summed E-state index contributed by atoms with van der Waals surface area (Å²) < 4.78 is 30.5. The second-order valence-electron chi connectivity index (χ2n) is 9.53.